The SMILES string of the molecule is C=C/C(C)=C/C[C@H]1C(=C)CC[C@@H]2[C@@](C)(CO)CCC[C@]21C. The summed E-state index contributed by atoms with van der Waals surface area (Å²) in [5, 5.41) is 9.96. The lowest BCUT2D eigenvalue weighted by atomic mass is 9.47. The Balaban J connectivity index is 2.31. The van der Waals surface area contributed by atoms with Crippen LogP contribution in [0.4, 0.5) is 0 Å². The molecular weight excluding hydrogens is 256 g/mol. The van der Waals surface area contributed by atoms with E-state index in [0.29, 0.717) is 23.9 Å². The van der Waals surface area contributed by atoms with E-state index in [1.54, 1.807) is 0 Å². The molecule has 2 saturated carbocycles. The van der Waals surface area contributed by atoms with Crippen LogP contribution in [0.15, 0.2) is 36.5 Å². The van der Waals surface area contributed by atoms with Gasteiger partial charge in [-0.2, -0.15) is 0 Å². The molecule has 0 bridgehead atoms. The van der Waals surface area contributed by atoms with Crippen LogP contribution in [0, 0.1) is 22.7 Å². The van der Waals surface area contributed by atoms with Gasteiger partial charge in [-0.1, -0.05) is 56.7 Å². The van der Waals surface area contributed by atoms with E-state index < -0.39 is 0 Å². The van der Waals surface area contributed by atoms with Crippen molar-refractivity contribution in [1.82, 2.24) is 0 Å². The van der Waals surface area contributed by atoms with Gasteiger partial charge < -0.3 is 5.11 Å². The van der Waals surface area contributed by atoms with Crippen molar-refractivity contribution in [1.29, 1.82) is 0 Å². The van der Waals surface area contributed by atoms with Gasteiger partial charge in [-0.3, -0.25) is 0 Å². The fourth-order valence-corrected chi connectivity index (χ4v) is 5.10. The summed E-state index contributed by atoms with van der Waals surface area (Å²) in [6.45, 7) is 15.4. The van der Waals surface area contributed by atoms with Gasteiger partial charge in [-0.15, -0.1) is 0 Å². The van der Waals surface area contributed by atoms with E-state index in [4.69, 9.17) is 0 Å². The van der Waals surface area contributed by atoms with E-state index in [-0.39, 0.29) is 5.41 Å². The Morgan fingerprint density at radius 2 is 2.10 bits per heavy atom. The normalized spacial score (nSPS) is 40.8. The quantitative estimate of drug-likeness (QED) is 0.551. The minimum absolute atomic E-state index is 0.100. The van der Waals surface area contributed by atoms with Crippen molar-refractivity contribution in [3.05, 3.63) is 36.5 Å². The smallest absolute Gasteiger partial charge is 0.0487 e. The molecule has 0 radical (unpaired) electrons. The second-order valence-corrected chi connectivity index (χ2v) is 7.86. The average molecular weight is 288 g/mol. The molecule has 2 fully saturated rings. The van der Waals surface area contributed by atoms with Crippen LogP contribution in [0.1, 0.15) is 59.3 Å². The van der Waals surface area contributed by atoms with Crippen molar-refractivity contribution < 1.29 is 5.11 Å². The van der Waals surface area contributed by atoms with E-state index >= 15 is 0 Å². The molecule has 2 aliphatic carbocycles. The molecule has 1 nitrogen and oxygen atoms in total. The highest BCUT2D eigenvalue weighted by Crippen LogP contribution is 2.61. The molecule has 0 amide bonds. The fraction of sp³-hybridized carbons (Fsp3) is 0.700. The summed E-state index contributed by atoms with van der Waals surface area (Å²) in [7, 11) is 0. The molecule has 0 aromatic heterocycles. The average Bonchev–Trinajstić information content (AvgIpc) is 2.45. The third kappa shape index (κ3) is 2.90. The van der Waals surface area contributed by atoms with Gasteiger partial charge in [0.1, 0.15) is 0 Å². The van der Waals surface area contributed by atoms with Crippen LogP contribution in [0.2, 0.25) is 0 Å². The van der Waals surface area contributed by atoms with Crippen molar-refractivity contribution in [3.8, 4) is 0 Å². The number of hydrogen-bond donors (Lipinski definition) is 1. The zero-order valence-electron chi connectivity index (χ0n) is 14.1. The Morgan fingerprint density at radius 3 is 2.71 bits per heavy atom. The monoisotopic (exact) mass is 288 g/mol. The summed E-state index contributed by atoms with van der Waals surface area (Å²) in [6, 6.07) is 0. The van der Waals surface area contributed by atoms with Gasteiger partial charge in [-0.25, -0.2) is 0 Å². The lowest BCUT2D eigenvalue weighted by Crippen LogP contribution is -2.51. The molecule has 1 heteroatoms. The van der Waals surface area contributed by atoms with Gasteiger partial charge in [0.2, 0.25) is 0 Å². The van der Waals surface area contributed by atoms with Crippen molar-refractivity contribution in [2.75, 3.05) is 6.61 Å². The number of allylic oxidation sites excluding steroid dienone is 4. The number of hydrogen-bond acceptors (Lipinski definition) is 1. The fourth-order valence-electron chi connectivity index (χ4n) is 5.10. The molecule has 0 saturated heterocycles. The summed E-state index contributed by atoms with van der Waals surface area (Å²) in [5.41, 5.74) is 3.07. The minimum Gasteiger partial charge on any atom is -0.396 e. The molecule has 0 aromatic rings. The first-order valence-corrected chi connectivity index (χ1v) is 8.45. The predicted octanol–water partition coefficient (Wildman–Crippen LogP) is 5.28. The van der Waals surface area contributed by atoms with Crippen molar-refractivity contribution in [3.63, 3.8) is 0 Å². The maximum absolute atomic E-state index is 9.96. The van der Waals surface area contributed by atoms with Crippen molar-refractivity contribution >= 4 is 0 Å². The molecule has 0 heterocycles. The number of rotatable bonds is 4. The summed E-state index contributed by atoms with van der Waals surface area (Å²) in [4.78, 5) is 0. The predicted molar refractivity (Wildman–Crippen MR) is 91.1 cm³/mol. The van der Waals surface area contributed by atoms with E-state index in [2.05, 4.69) is 40.0 Å². The largest absolute Gasteiger partial charge is 0.396 e. The van der Waals surface area contributed by atoms with Gasteiger partial charge in [-0.05, 0) is 61.7 Å². The van der Waals surface area contributed by atoms with Gasteiger partial charge in [0, 0.05) is 6.61 Å². The lowest BCUT2D eigenvalue weighted by molar-refractivity contribution is -0.0837. The first-order chi connectivity index (χ1) is 9.87. The Kier molecular flexibility index (Phi) is 4.82. The maximum Gasteiger partial charge on any atom is 0.0487 e. The van der Waals surface area contributed by atoms with E-state index in [0.717, 1.165) is 12.8 Å². The first kappa shape index (κ1) is 16.5. The van der Waals surface area contributed by atoms with Crippen LogP contribution in [-0.2, 0) is 0 Å². The van der Waals surface area contributed by atoms with E-state index in [1.165, 1.54) is 36.8 Å². The van der Waals surface area contributed by atoms with Gasteiger partial charge in [0.05, 0.1) is 0 Å². The Labute approximate surface area is 130 Å². The summed E-state index contributed by atoms with van der Waals surface area (Å²) in [6.07, 6.45) is 11.3. The zero-order chi connectivity index (χ0) is 15.7. The highest BCUT2D eigenvalue weighted by Gasteiger charge is 2.53. The number of aliphatic hydroxyl groups excluding tert-OH is 1. The van der Waals surface area contributed by atoms with Crippen LogP contribution in [0.5, 0.6) is 0 Å². The number of aliphatic hydroxyl groups is 1. The second-order valence-electron chi connectivity index (χ2n) is 7.86. The molecule has 21 heavy (non-hydrogen) atoms. The van der Waals surface area contributed by atoms with Crippen LogP contribution in [-0.4, -0.2) is 11.7 Å². The second kappa shape index (κ2) is 6.12. The molecule has 2 rings (SSSR count). The molecule has 118 valence electrons. The van der Waals surface area contributed by atoms with Gasteiger partial charge in [0.15, 0.2) is 0 Å². The summed E-state index contributed by atoms with van der Waals surface area (Å²) < 4.78 is 0. The lowest BCUT2D eigenvalue weighted by Gasteiger charge is -2.58. The van der Waals surface area contributed by atoms with Crippen molar-refractivity contribution in [2.45, 2.75) is 59.3 Å². The third-order valence-corrected chi connectivity index (χ3v) is 6.50. The van der Waals surface area contributed by atoms with E-state index in [9.17, 15) is 5.11 Å². The molecule has 4 atom stereocenters. The molecule has 0 spiro atoms. The zero-order valence-corrected chi connectivity index (χ0v) is 14.1. The number of fused-ring (bicyclic) bond motifs is 1. The van der Waals surface area contributed by atoms with Crippen LogP contribution in [0.3, 0.4) is 0 Å². The first-order valence-electron chi connectivity index (χ1n) is 8.45. The Morgan fingerprint density at radius 1 is 1.38 bits per heavy atom. The molecule has 2 aliphatic rings. The maximum atomic E-state index is 9.96. The summed E-state index contributed by atoms with van der Waals surface area (Å²) in [5.74, 6) is 1.18. The van der Waals surface area contributed by atoms with E-state index in [1.807, 2.05) is 6.08 Å². The molecular formula is C20H32O. The minimum atomic E-state index is 0.100. The highest BCUT2D eigenvalue weighted by atomic mass is 16.3. The van der Waals surface area contributed by atoms with Crippen molar-refractivity contribution in [2.24, 2.45) is 22.7 Å². The van der Waals surface area contributed by atoms with Crippen LogP contribution >= 0.6 is 0 Å². The van der Waals surface area contributed by atoms with Gasteiger partial charge in [0.25, 0.3) is 0 Å². The summed E-state index contributed by atoms with van der Waals surface area (Å²) >= 11 is 0. The Hall–Kier alpha value is -0.820. The van der Waals surface area contributed by atoms with Crippen LogP contribution in [0.25, 0.3) is 0 Å². The highest BCUT2D eigenvalue weighted by molar-refractivity contribution is 5.20. The molecule has 0 unspecified atom stereocenters. The molecule has 0 aromatic carbocycles. The third-order valence-electron chi connectivity index (χ3n) is 6.50. The molecule has 0 aliphatic heterocycles. The Bertz CT molecular complexity index is 447. The van der Waals surface area contributed by atoms with Crippen LogP contribution < -0.4 is 0 Å². The molecule has 1 N–H and O–H groups in total. The van der Waals surface area contributed by atoms with Gasteiger partial charge >= 0.3 is 0 Å². The topological polar surface area (TPSA) is 20.2 Å². The standard InChI is InChI=1S/C20H32O/c1-6-15(2)8-10-17-16(3)9-11-18-19(4,14-21)12-7-13-20(17,18)5/h6,8,17-18,21H,1,3,7,9-14H2,2,4-5H3/b15-8+/t17-,18+,19+,20-/m0/s1.